The van der Waals surface area contributed by atoms with Gasteiger partial charge in [-0.2, -0.15) is 5.10 Å². The first-order chi connectivity index (χ1) is 15.6. The smallest absolute Gasteiger partial charge is 0.274 e. The van der Waals surface area contributed by atoms with Crippen LogP contribution in [0.25, 0.3) is 22.6 Å². The standard InChI is InChI=1S/C26H23N5O/c1-19-13-14-30-18-23(27-24(30)15-19)26(32)29(2)16-21-17-31(22-11-7-4-8-12-22)28-25(21)20-9-5-3-6-10-20/h3-15,17-18H,16H2,1-2H3. The summed E-state index contributed by atoms with van der Waals surface area (Å²) >= 11 is 0. The number of amides is 1. The highest BCUT2D eigenvalue weighted by atomic mass is 16.2. The van der Waals surface area contributed by atoms with Crippen molar-refractivity contribution in [3.63, 3.8) is 0 Å². The number of nitrogens with zero attached hydrogens (tertiary/aromatic N) is 5. The van der Waals surface area contributed by atoms with Gasteiger partial charge in [-0.25, -0.2) is 9.67 Å². The summed E-state index contributed by atoms with van der Waals surface area (Å²) in [6.45, 7) is 2.43. The molecule has 0 saturated heterocycles. The van der Waals surface area contributed by atoms with Crippen molar-refractivity contribution in [2.24, 2.45) is 0 Å². The zero-order valence-electron chi connectivity index (χ0n) is 18.0. The molecule has 1 amide bonds. The van der Waals surface area contributed by atoms with Crippen LogP contribution in [0.15, 0.2) is 91.4 Å². The summed E-state index contributed by atoms with van der Waals surface area (Å²) in [5, 5.41) is 4.84. The number of carbonyl (C=O) groups is 1. The van der Waals surface area contributed by atoms with Crippen LogP contribution in [0, 0.1) is 6.92 Å². The van der Waals surface area contributed by atoms with Crippen LogP contribution in [0.4, 0.5) is 0 Å². The molecule has 5 aromatic rings. The number of rotatable bonds is 5. The SMILES string of the molecule is Cc1ccn2cc(C(=O)N(C)Cc3cn(-c4ccccc4)nc3-c3ccccc3)nc2c1. The Bertz CT molecular complexity index is 1390. The summed E-state index contributed by atoms with van der Waals surface area (Å²) in [6.07, 6.45) is 5.69. The average molecular weight is 422 g/mol. The second-order valence-electron chi connectivity index (χ2n) is 7.91. The second-order valence-corrected chi connectivity index (χ2v) is 7.91. The Hall–Kier alpha value is -4.19. The summed E-state index contributed by atoms with van der Waals surface area (Å²) in [5.41, 5.74) is 6.12. The second kappa shape index (κ2) is 8.15. The van der Waals surface area contributed by atoms with Gasteiger partial charge in [0.05, 0.1) is 11.4 Å². The Morgan fingerprint density at radius 1 is 0.969 bits per heavy atom. The summed E-state index contributed by atoms with van der Waals surface area (Å²) in [7, 11) is 1.80. The van der Waals surface area contributed by atoms with Crippen LogP contribution in [0.1, 0.15) is 21.6 Å². The van der Waals surface area contributed by atoms with Crippen molar-refractivity contribution in [1.82, 2.24) is 24.1 Å². The lowest BCUT2D eigenvalue weighted by Crippen LogP contribution is -2.26. The fourth-order valence-electron chi connectivity index (χ4n) is 3.79. The van der Waals surface area contributed by atoms with Gasteiger partial charge in [-0.15, -0.1) is 0 Å². The third kappa shape index (κ3) is 3.78. The van der Waals surface area contributed by atoms with Gasteiger partial charge in [0.2, 0.25) is 0 Å². The van der Waals surface area contributed by atoms with Gasteiger partial charge in [0, 0.05) is 43.3 Å². The fraction of sp³-hybridized carbons (Fsp3) is 0.115. The van der Waals surface area contributed by atoms with Crippen LogP contribution in [-0.4, -0.2) is 37.0 Å². The third-order valence-electron chi connectivity index (χ3n) is 5.45. The van der Waals surface area contributed by atoms with Gasteiger partial charge >= 0.3 is 0 Å². The molecule has 5 rings (SSSR count). The number of hydrogen-bond acceptors (Lipinski definition) is 3. The van der Waals surface area contributed by atoms with Crippen LogP contribution in [-0.2, 0) is 6.54 Å². The van der Waals surface area contributed by atoms with Crippen molar-refractivity contribution in [2.45, 2.75) is 13.5 Å². The molecule has 0 bridgehead atoms. The first kappa shape index (κ1) is 19.8. The summed E-state index contributed by atoms with van der Waals surface area (Å²) in [5.74, 6) is -0.127. The van der Waals surface area contributed by atoms with Gasteiger partial charge in [-0.1, -0.05) is 48.5 Å². The molecule has 0 aliphatic carbocycles. The molecule has 6 heteroatoms. The topological polar surface area (TPSA) is 55.4 Å². The van der Waals surface area contributed by atoms with E-state index in [0.29, 0.717) is 12.2 Å². The minimum absolute atomic E-state index is 0.127. The molecule has 2 aromatic carbocycles. The van der Waals surface area contributed by atoms with Gasteiger partial charge in [0.15, 0.2) is 0 Å². The van der Waals surface area contributed by atoms with E-state index in [1.807, 2.05) is 101 Å². The molecule has 0 fully saturated rings. The highest BCUT2D eigenvalue weighted by Gasteiger charge is 2.20. The number of benzene rings is 2. The molecule has 0 aliphatic rings. The van der Waals surface area contributed by atoms with Gasteiger partial charge < -0.3 is 9.30 Å². The quantitative estimate of drug-likeness (QED) is 0.411. The predicted octanol–water partition coefficient (Wildman–Crippen LogP) is 4.77. The molecule has 3 heterocycles. The van der Waals surface area contributed by atoms with E-state index >= 15 is 0 Å². The van der Waals surface area contributed by atoms with E-state index in [1.54, 1.807) is 18.1 Å². The third-order valence-corrected chi connectivity index (χ3v) is 5.45. The predicted molar refractivity (Wildman–Crippen MR) is 125 cm³/mol. The van der Waals surface area contributed by atoms with E-state index in [4.69, 9.17) is 5.10 Å². The number of fused-ring (bicyclic) bond motifs is 1. The molecular formula is C26H23N5O. The Morgan fingerprint density at radius 2 is 1.69 bits per heavy atom. The molecule has 3 aromatic heterocycles. The largest absolute Gasteiger partial charge is 0.336 e. The van der Waals surface area contributed by atoms with E-state index in [-0.39, 0.29) is 5.91 Å². The molecule has 0 unspecified atom stereocenters. The number of hydrogen-bond donors (Lipinski definition) is 0. The fourth-order valence-corrected chi connectivity index (χ4v) is 3.79. The van der Waals surface area contributed by atoms with Crippen LogP contribution in [0.5, 0.6) is 0 Å². The Balaban J connectivity index is 1.47. The molecular weight excluding hydrogens is 398 g/mol. The first-order valence-electron chi connectivity index (χ1n) is 10.5. The summed E-state index contributed by atoms with van der Waals surface area (Å²) in [6, 6.07) is 24.0. The highest BCUT2D eigenvalue weighted by molar-refractivity contribution is 5.92. The number of para-hydroxylation sites is 1. The van der Waals surface area contributed by atoms with Crippen LogP contribution in [0.2, 0.25) is 0 Å². The number of aryl methyl sites for hydroxylation is 1. The van der Waals surface area contributed by atoms with Crippen molar-refractivity contribution in [3.05, 3.63) is 108 Å². The monoisotopic (exact) mass is 421 g/mol. The lowest BCUT2D eigenvalue weighted by atomic mass is 10.1. The molecule has 0 aliphatic heterocycles. The van der Waals surface area contributed by atoms with Crippen LogP contribution in [0.3, 0.4) is 0 Å². The zero-order valence-corrected chi connectivity index (χ0v) is 18.0. The molecule has 0 radical (unpaired) electrons. The lowest BCUT2D eigenvalue weighted by Gasteiger charge is -2.15. The van der Waals surface area contributed by atoms with Crippen LogP contribution >= 0.6 is 0 Å². The van der Waals surface area contributed by atoms with E-state index < -0.39 is 0 Å². The summed E-state index contributed by atoms with van der Waals surface area (Å²) < 4.78 is 3.74. The first-order valence-corrected chi connectivity index (χ1v) is 10.5. The maximum absolute atomic E-state index is 13.2. The normalized spacial score (nSPS) is 11.1. The number of imidazole rings is 1. The van der Waals surface area contributed by atoms with E-state index in [0.717, 1.165) is 33.7 Å². The van der Waals surface area contributed by atoms with Crippen molar-refractivity contribution in [1.29, 1.82) is 0 Å². The minimum atomic E-state index is -0.127. The molecule has 0 spiro atoms. The lowest BCUT2D eigenvalue weighted by molar-refractivity contribution is 0.0780. The van der Waals surface area contributed by atoms with Crippen molar-refractivity contribution in [2.75, 3.05) is 7.05 Å². The molecule has 0 N–H and O–H groups in total. The van der Waals surface area contributed by atoms with Gasteiger partial charge in [0.25, 0.3) is 5.91 Å². The Labute approximate surface area is 186 Å². The molecule has 158 valence electrons. The highest BCUT2D eigenvalue weighted by Crippen LogP contribution is 2.25. The van der Waals surface area contributed by atoms with Crippen molar-refractivity contribution in [3.8, 4) is 16.9 Å². The maximum atomic E-state index is 13.2. The van der Waals surface area contributed by atoms with Crippen molar-refractivity contribution < 1.29 is 4.79 Å². The van der Waals surface area contributed by atoms with Gasteiger partial charge in [0.1, 0.15) is 11.3 Å². The molecule has 6 nitrogen and oxygen atoms in total. The number of carbonyl (C=O) groups excluding carboxylic acids is 1. The molecule has 32 heavy (non-hydrogen) atoms. The Morgan fingerprint density at radius 3 is 2.44 bits per heavy atom. The summed E-state index contributed by atoms with van der Waals surface area (Å²) in [4.78, 5) is 19.4. The van der Waals surface area contributed by atoms with E-state index in [2.05, 4.69) is 4.98 Å². The minimum Gasteiger partial charge on any atom is -0.336 e. The van der Waals surface area contributed by atoms with E-state index in [9.17, 15) is 4.79 Å². The average Bonchev–Trinajstić information content (AvgIpc) is 3.44. The maximum Gasteiger partial charge on any atom is 0.274 e. The number of pyridine rings is 1. The molecule has 0 saturated carbocycles. The zero-order chi connectivity index (χ0) is 22.1. The Kier molecular flexibility index (Phi) is 5.03. The van der Waals surface area contributed by atoms with Crippen molar-refractivity contribution >= 4 is 11.6 Å². The molecule has 0 atom stereocenters. The number of aromatic nitrogens is 4. The van der Waals surface area contributed by atoms with Gasteiger partial charge in [-0.05, 0) is 36.8 Å². The van der Waals surface area contributed by atoms with E-state index in [1.165, 1.54) is 0 Å². The van der Waals surface area contributed by atoms with Gasteiger partial charge in [-0.3, -0.25) is 4.79 Å². The van der Waals surface area contributed by atoms with Crippen LogP contribution < -0.4 is 0 Å².